The minimum absolute atomic E-state index is 0.107. The molecule has 1 N–H and O–H groups in total. The van der Waals surface area contributed by atoms with Crippen LogP contribution in [0.1, 0.15) is 12.0 Å². The highest BCUT2D eigenvalue weighted by atomic mass is 16.3. The third-order valence-electron chi connectivity index (χ3n) is 3.27. The monoisotopic (exact) mass is 253 g/mol. The van der Waals surface area contributed by atoms with Crippen LogP contribution in [0.4, 0.5) is 5.69 Å². The first-order valence-corrected chi connectivity index (χ1v) is 5.97. The molecule has 2 heterocycles. The fourth-order valence-corrected chi connectivity index (χ4v) is 2.40. The molecule has 1 aliphatic rings. The number of aliphatic hydroxyl groups is 1. The molecule has 0 bridgehead atoms. The Kier molecular flexibility index (Phi) is 2.65. The van der Waals surface area contributed by atoms with Crippen LogP contribution in [0.5, 0.6) is 0 Å². The number of aliphatic hydroxyl groups excluding tert-OH is 1. The maximum atomic E-state index is 11.8. The molecule has 5 heteroatoms. The van der Waals surface area contributed by atoms with Crippen LogP contribution in [-0.4, -0.2) is 28.6 Å². The van der Waals surface area contributed by atoms with Crippen LogP contribution in [0.15, 0.2) is 30.5 Å². The molecular weight excluding hydrogens is 242 g/mol. The molecule has 3 rings (SSSR count). The summed E-state index contributed by atoms with van der Waals surface area (Å²) in [6, 6.07) is 9.19. The summed E-state index contributed by atoms with van der Waals surface area (Å²) in [6.45, 7) is 0.235. The van der Waals surface area contributed by atoms with Gasteiger partial charge in [-0.05, 0) is 24.3 Å². The number of carbonyl (C=O) groups excluding carboxylic acids is 1. The number of nitriles is 1. The highest BCUT2D eigenvalue weighted by Gasteiger charge is 2.30. The summed E-state index contributed by atoms with van der Waals surface area (Å²) in [5.41, 5.74) is 1.69. The van der Waals surface area contributed by atoms with Crippen molar-refractivity contribution < 1.29 is 9.90 Å². The average molecular weight is 253 g/mol. The van der Waals surface area contributed by atoms with Crippen molar-refractivity contribution in [3.8, 4) is 6.07 Å². The Morgan fingerprint density at radius 2 is 2.26 bits per heavy atom. The fourth-order valence-electron chi connectivity index (χ4n) is 2.40. The van der Waals surface area contributed by atoms with Crippen molar-refractivity contribution in [2.24, 2.45) is 0 Å². The highest BCUT2D eigenvalue weighted by Crippen LogP contribution is 2.30. The normalized spacial score (nSPS) is 18.8. The van der Waals surface area contributed by atoms with E-state index in [9.17, 15) is 15.2 Å². The zero-order valence-electron chi connectivity index (χ0n) is 10.1. The predicted molar refractivity (Wildman–Crippen MR) is 69.4 cm³/mol. The van der Waals surface area contributed by atoms with Crippen LogP contribution in [0.25, 0.3) is 10.9 Å². The van der Waals surface area contributed by atoms with Gasteiger partial charge >= 0.3 is 0 Å². The van der Waals surface area contributed by atoms with Crippen LogP contribution in [0, 0.1) is 11.3 Å². The van der Waals surface area contributed by atoms with E-state index < -0.39 is 6.10 Å². The third kappa shape index (κ3) is 1.83. The van der Waals surface area contributed by atoms with E-state index in [1.165, 1.54) is 4.90 Å². The molecule has 1 aromatic carbocycles. The van der Waals surface area contributed by atoms with Crippen molar-refractivity contribution in [2.45, 2.75) is 12.5 Å². The van der Waals surface area contributed by atoms with Gasteiger partial charge in [-0.25, -0.2) is 0 Å². The molecule has 0 radical (unpaired) electrons. The number of carbonyl (C=O) groups is 1. The first kappa shape index (κ1) is 11.6. The summed E-state index contributed by atoms with van der Waals surface area (Å²) in [5, 5.41) is 19.6. The number of pyridine rings is 1. The molecule has 5 nitrogen and oxygen atoms in total. The number of fused-ring (bicyclic) bond motifs is 1. The number of rotatable bonds is 1. The zero-order valence-corrected chi connectivity index (χ0v) is 10.1. The smallest absolute Gasteiger partial charge is 0.229 e. The zero-order chi connectivity index (χ0) is 13.4. The molecule has 0 saturated carbocycles. The number of amides is 1. The van der Waals surface area contributed by atoms with E-state index in [-0.39, 0.29) is 18.9 Å². The lowest BCUT2D eigenvalue weighted by Gasteiger charge is -2.18. The number of hydrogen-bond acceptors (Lipinski definition) is 4. The molecule has 94 valence electrons. The van der Waals surface area contributed by atoms with Gasteiger partial charge in [0.05, 0.1) is 35.8 Å². The van der Waals surface area contributed by atoms with Crippen molar-refractivity contribution in [1.82, 2.24) is 4.98 Å². The minimum atomic E-state index is -0.663. The standard InChI is InChI=1S/C14H11N3O2/c15-7-11-10-2-1-5-16-12(10)3-4-13(11)17-8-9(18)6-14(17)19/h1-5,9,18H,6,8H2. The van der Waals surface area contributed by atoms with Gasteiger partial charge in [-0.3, -0.25) is 9.78 Å². The molecule has 1 fully saturated rings. The Hall–Kier alpha value is -2.45. The Balaban J connectivity index is 2.20. The summed E-state index contributed by atoms with van der Waals surface area (Å²) >= 11 is 0. The van der Waals surface area contributed by atoms with Gasteiger partial charge in [0.2, 0.25) is 5.91 Å². The molecule has 1 atom stereocenters. The number of anilines is 1. The van der Waals surface area contributed by atoms with Crippen LogP contribution in [0.3, 0.4) is 0 Å². The van der Waals surface area contributed by atoms with Gasteiger partial charge in [-0.2, -0.15) is 5.26 Å². The number of hydrogen-bond donors (Lipinski definition) is 1. The lowest BCUT2D eigenvalue weighted by Crippen LogP contribution is -2.26. The van der Waals surface area contributed by atoms with E-state index >= 15 is 0 Å². The molecule has 0 spiro atoms. The van der Waals surface area contributed by atoms with Crippen LogP contribution >= 0.6 is 0 Å². The first-order chi connectivity index (χ1) is 9.20. The maximum Gasteiger partial charge on any atom is 0.229 e. The molecule has 19 heavy (non-hydrogen) atoms. The summed E-state index contributed by atoms with van der Waals surface area (Å²) in [4.78, 5) is 17.5. The second-order valence-electron chi connectivity index (χ2n) is 4.50. The van der Waals surface area contributed by atoms with E-state index in [0.29, 0.717) is 11.3 Å². The molecule has 1 amide bonds. The number of aromatic nitrogens is 1. The average Bonchev–Trinajstić information content (AvgIpc) is 2.76. The fraction of sp³-hybridized carbons (Fsp3) is 0.214. The van der Waals surface area contributed by atoms with Crippen LogP contribution in [-0.2, 0) is 4.79 Å². The lowest BCUT2D eigenvalue weighted by atomic mass is 10.1. The van der Waals surface area contributed by atoms with E-state index in [0.717, 1.165) is 10.9 Å². The topological polar surface area (TPSA) is 77.2 Å². The van der Waals surface area contributed by atoms with Crippen LogP contribution in [0.2, 0.25) is 0 Å². The van der Waals surface area contributed by atoms with Gasteiger partial charge in [-0.1, -0.05) is 0 Å². The second-order valence-corrected chi connectivity index (χ2v) is 4.50. The van der Waals surface area contributed by atoms with Gasteiger partial charge in [0.25, 0.3) is 0 Å². The first-order valence-electron chi connectivity index (χ1n) is 5.97. The summed E-state index contributed by atoms with van der Waals surface area (Å²) < 4.78 is 0. The van der Waals surface area contributed by atoms with Gasteiger partial charge < -0.3 is 10.0 Å². The molecule has 1 aromatic heterocycles. The van der Waals surface area contributed by atoms with E-state index in [2.05, 4.69) is 11.1 Å². The van der Waals surface area contributed by atoms with Gasteiger partial charge in [0.15, 0.2) is 0 Å². The predicted octanol–water partition coefficient (Wildman–Crippen LogP) is 1.20. The van der Waals surface area contributed by atoms with Crippen molar-refractivity contribution in [3.05, 3.63) is 36.0 Å². The van der Waals surface area contributed by atoms with Gasteiger partial charge in [0.1, 0.15) is 6.07 Å². The Bertz CT molecular complexity index is 705. The molecule has 1 aliphatic heterocycles. The van der Waals surface area contributed by atoms with Gasteiger partial charge in [0, 0.05) is 11.6 Å². The number of β-amino-alcohol motifs (C(OH)–C–C–N with tert-alkyl or cyclic N) is 1. The summed E-state index contributed by atoms with van der Waals surface area (Å²) in [7, 11) is 0. The van der Waals surface area contributed by atoms with Crippen molar-refractivity contribution >= 4 is 22.5 Å². The largest absolute Gasteiger partial charge is 0.391 e. The quantitative estimate of drug-likeness (QED) is 0.828. The minimum Gasteiger partial charge on any atom is -0.391 e. The maximum absolute atomic E-state index is 11.8. The third-order valence-corrected chi connectivity index (χ3v) is 3.27. The van der Waals surface area contributed by atoms with Crippen molar-refractivity contribution in [1.29, 1.82) is 5.26 Å². The number of nitrogens with zero attached hydrogens (tertiary/aromatic N) is 3. The molecular formula is C14H11N3O2. The molecule has 2 aromatic rings. The Morgan fingerprint density at radius 1 is 1.42 bits per heavy atom. The molecule has 0 aliphatic carbocycles. The summed E-state index contributed by atoms with van der Waals surface area (Å²) in [6.07, 6.45) is 1.10. The number of benzene rings is 1. The van der Waals surface area contributed by atoms with Crippen LogP contribution < -0.4 is 4.90 Å². The second kappa shape index (κ2) is 4.34. The SMILES string of the molecule is N#Cc1c(N2CC(O)CC2=O)ccc2ncccc12. The van der Waals surface area contributed by atoms with Crippen molar-refractivity contribution in [3.63, 3.8) is 0 Å². The molecule has 1 saturated heterocycles. The van der Waals surface area contributed by atoms with E-state index in [4.69, 9.17) is 0 Å². The van der Waals surface area contributed by atoms with Crippen molar-refractivity contribution in [2.75, 3.05) is 11.4 Å². The highest BCUT2D eigenvalue weighted by molar-refractivity contribution is 6.01. The Morgan fingerprint density at radius 3 is 2.95 bits per heavy atom. The lowest BCUT2D eigenvalue weighted by molar-refractivity contribution is -0.117. The summed E-state index contributed by atoms with van der Waals surface area (Å²) in [5.74, 6) is -0.160. The van der Waals surface area contributed by atoms with Gasteiger partial charge in [-0.15, -0.1) is 0 Å². The van der Waals surface area contributed by atoms with E-state index in [1.807, 2.05) is 0 Å². The molecule has 1 unspecified atom stereocenters. The Labute approximate surface area is 109 Å². The van der Waals surface area contributed by atoms with E-state index in [1.54, 1.807) is 30.5 Å².